The fourth-order valence-electron chi connectivity index (χ4n) is 3.32. The predicted octanol–water partition coefficient (Wildman–Crippen LogP) is 2.40. The second-order valence-corrected chi connectivity index (χ2v) is 6.56. The number of thioether (sulfide) groups is 1. The third-order valence-corrected chi connectivity index (χ3v) is 5.33. The molecule has 3 aliphatic rings. The Labute approximate surface area is 134 Å². The topological polar surface area (TPSA) is 48.8 Å². The highest BCUT2D eigenvalue weighted by atomic mass is 32.2. The fourth-order valence-corrected chi connectivity index (χ4v) is 4.27. The van der Waals surface area contributed by atoms with Gasteiger partial charge in [-0.3, -0.25) is 14.8 Å². The van der Waals surface area contributed by atoms with E-state index in [4.69, 9.17) is 0 Å². The predicted molar refractivity (Wildman–Crippen MR) is 87.2 cm³/mol. The first-order valence-corrected chi connectivity index (χ1v) is 8.59. The van der Waals surface area contributed by atoms with Gasteiger partial charge in [0, 0.05) is 25.0 Å². The number of amides is 1. The molecular formula is C16H18N4OS. The Morgan fingerprint density at radius 2 is 2.32 bits per heavy atom. The maximum absolute atomic E-state index is 12.8. The molecule has 1 atom stereocenters. The molecule has 22 heavy (non-hydrogen) atoms. The third-order valence-electron chi connectivity index (χ3n) is 4.38. The SMILES string of the molecule is O=C(CC1=CSC2=NCCN12)N1CCC[C@H]1c1ccccn1. The van der Waals surface area contributed by atoms with Gasteiger partial charge in [-0.1, -0.05) is 17.8 Å². The molecule has 0 spiro atoms. The van der Waals surface area contributed by atoms with Crippen LogP contribution in [-0.2, 0) is 4.79 Å². The van der Waals surface area contributed by atoms with Crippen LogP contribution in [0.1, 0.15) is 31.0 Å². The van der Waals surface area contributed by atoms with E-state index in [9.17, 15) is 4.79 Å². The smallest absolute Gasteiger partial charge is 0.229 e. The van der Waals surface area contributed by atoms with Crippen LogP contribution in [-0.4, -0.2) is 45.5 Å². The average molecular weight is 314 g/mol. The Hall–Kier alpha value is -1.82. The van der Waals surface area contributed by atoms with E-state index < -0.39 is 0 Å². The second-order valence-electron chi connectivity index (χ2n) is 5.72. The zero-order valence-electron chi connectivity index (χ0n) is 12.3. The van der Waals surface area contributed by atoms with Gasteiger partial charge in [0.15, 0.2) is 5.17 Å². The molecule has 6 heteroatoms. The van der Waals surface area contributed by atoms with Crippen LogP contribution in [0.25, 0.3) is 0 Å². The first-order valence-electron chi connectivity index (χ1n) is 7.71. The van der Waals surface area contributed by atoms with Crippen LogP contribution in [0.2, 0.25) is 0 Å². The molecule has 4 rings (SSSR count). The van der Waals surface area contributed by atoms with Gasteiger partial charge in [0.1, 0.15) is 0 Å². The zero-order valence-corrected chi connectivity index (χ0v) is 13.1. The molecule has 5 nitrogen and oxygen atoms in total. The fraction of sp³-hybridized carbons (Fsp3) is 0.438. The summed E-state index contributed by atoms with van der Waals surface area (Å²) in [6.07, 6.45) is 4.33. The summed E-state index contributed by atoms with van der Waals surface area (Å²) in [5.74, 6) is 0.202. The standard InChI is InChI=1S/C16H18N4OS/c21-15(10-12-11-22-16-18-7-9-19(12)16)20-8-3-5-14(20)13-4-1-2-6-17-13/h1-2,4,6,11,14H,3,5,7-10H2/t14-/m0/s1. The van der Waals surface area contributed by atoms with Crippen molar-refractivity contribution in [3.05, 3.63) is 41.2 Å². The van der Waals surface area contributed by atoms with Gasteiger partial charge < -0.3 is 9.80 Å². The Bertz CT molecular complexity index is 643. The van der Waals surface area contributed by atoms with Gasteiger partial charge in [0.25, 0.3) is 0 Å². The van der Waals surface area contributed by atoms with E-state index in [0.717, 1.165) is 49.0 Å². The molecule has 0 unspecified atom stereocenters. The molecule has 1 saturated heterocycles. The van der Waals surface area contributed by atoms with Gasteiger partial charge in [-0.15, -0.1) is 0 Å². The number of rotatable bonds is 3. The molecule has 0 aliphatic carbocycles. The minimum atomic E-state index is 0.134. The van der Waals surface area contributed by atoms with Crippen molar-refractivity contribution >= 4 is 22.8 Å². The normalized spacial score (nSPS) is 23.5. The van der Waals surface area contributed by atoms with Crippen LogP contribution in [0, 0.1) is 0 Å². The lowest BCUT2D eigenvalue weighted by atomic mass is 10.1. The maximum Gasteiger partial charge on any atom is 0.229 e. The molecule has 0 saturated carbocycles. The maximum atomic E-state index is 12.8. The van der Waals surface area contributed by atoms with E-state index in [1.165, 1.54) is 0 Å². The van der Waals surface area contributed by atoms with E-state index >= 15 is 0 Å². The van der Waals surface area contributed by atoms with E-state index in [1.54, 1.807) is 18.0 Å². The summed E-state index contributed by atoms with van der Waals surface area (Å²) in [6.45, 7) is 2.58. The zero-order chi connectivity index (χ0) is 14.9. The quantitative estimate of drug-likeness (QED) is 0.859. The number of amidine groups is 1. The molecule has 4 heterocycles. The van der Waals surface area contributed by atoms with Crippen molar-refractivity contribution in [3.8, 4) is 0 Å². The van der Waals surface area contributed by atoms with E-state index in [2.05, 4.69) is 20.3 Å². The summed E-state index contributed by atoms with van der Waals surface area (Å²) in [5.41, 5.74) is 2.10. The summed E-state index contributed by atoms with van der Waals surface area (Å²) in [6, 6.07) is 6.06. The van der Waals surface area contributed by atoms with Gasteiger partial charge in [0.2, 0.25) is 5.91 Å². The summed E-state index contributed by atoms with van der Waals surface area (Å²) in [4.78, 5) is 25.8. The van der Waals surface area contributed by atoms with E-state index in [1.807, 2.05) is 23.1 Å². The molecule has 1 amide bonds. The Kier molecular flexibility index (Phi) is 3.62. The van der Waals surface area contributed by atoms with Gasteiger partial charge in [0.05, 0.1) is 24.7 Å². The second kappa shape index (κ2) is 5.76. The van der Waals surface area contributed by atoms with Crippen molar-refractivity contribution in [1.82, 2.24) is 14.8 Å². The number of hydrogen-bond acceptors (Lipinski definition) is 5. The lowest BCUT2D eigenvalue weighted by Crippen LogP contribution is -2.33. The highest BCUT2D eigenvalue weighted by Gasteiger charge is 2.33. The molecule has 0 N–H and O–H groups in total. The Balaban J connectivity index is 1.47. The molecule has 1 fully saturated rings. The van der Waals surface area contributed by atoms with Gasteiger partial charge in [-0.05, 0) is 30.4 Å². The lowest BCUT2D eigenvalue weighted by molar-refractivity contribution is -0.131. The van der Waals surface area contributed by atoms with Crippen molar-refractivity contribution in [2.45, 2.75) is 25.3 Å². The van der Waals surface area contributed by atoms with E-state index in [0.29, 0.717) is 6.42 Å². The monoisotopic (exact) mass is 314 g/mol. The number of hydrogen-bond donors (Lipinski definition) is 0. The minimum absolute atomic E-state index is 0.134. The van der Waals surface area contributed by atoms with Crippen LogP contribution < -0.4 is 0 Å². The summed E-state index contributed by atoms with van der Waals surface area (Å²) in [7, 11) is 0. The summed E-state index contributed by atoms with van der Waals surface area (Å²) < 4.78 is 0. The van der Waals surface area contributed by atoms with Crippen molar-refractivity contribution in [2.75, 3.05) is 19.6 Å². The van der Waals surface area contributed by atoms with Crippen molar-refractivity contribution < 1.29 is 4.79 Å². The Morgan fingerprint density at radius 1 is 1.36 bits per heavy atom. The van der Waals surface area contributed by atoms with Crippen LogP contribution in [0.5, 0.6) is 0 Å². The molecule has 1 aromatic heterocycles. The summed E-state index contributed by atoms with van der Waals surface area (Å²) in [5, 5.41) is 3.12. The van der Waals surface area contributed by atoms with Crippen molar-refractivity contribution in [1.29, 1.82) is 0 Å². The molecule has 0 bridgehead atoms. The first kappa shape index (κ1) is 13.8. The lowest BCUT2D eigenvalue weighted by Gasteiger charge is -2.26. The number of nitrogens with zero attached hydrogens (tertiary/aromatic N) is 4. The number of carbonyl (C=O) groups excluding carboxylic acids is 1. The molecule has 1 aromatic rings. The molecule has 0 radical (unpaired) electrons. The van der Waals surface area contributed by atoms with E-state index in [-0.39, 0.29) is 11.9 Å². The minimum Gasteiger partial charge on any atom is -0.334 e. The highest BCUT2D eigenvalue weighted by Crippen LogP contribution is 2.34. The van der Waals surface area contributed by atoms with Gasteiger partial charge in [-0.25, -0.2) is 0 Å². The number of aliphatic imine (C=N–C) groups is 1. The largest absolute Gasteiger partial charge is 0.334 e. The number of aromatic nitrogens is 1. The van der Waals surface area contributed by atoms with Crippen LogP contribution in [0.4, 0.5) is 0 Å². The number of fused-ring (bicyclic) bond motifs is 1. The average Bonchev–Trinajstić information content (AvgIpc) is 3.26. The van der Waals surface area contributed by atoms with Crippen molar-refractivity contribution in [2.24, 2.45) is 4.99 Å². The molecular weight excluding hydrogens is 296 g/mol. The first-order chi connectivity index (χ1) is 10.8. The Morgan fingerprint density at radius 3 is 3.18 bits per heavy atom. The number of pyridine rings is 1. The van der Waals surface area contributed by atoms with Crippen LogP contribution >= 0.6 is 11.8 Å². The number of carbonyl (C=O) groups is 1. The van der Waals surface area contributed by atoms with Gasteiger partial charge >= 0.3 is 0 Å². The highest BCUT2D eigenvalue weighted by molar-refractivity contribution is 8.16. The molecule has 114 valence electrons. The van der Waals surface area contributed by atoms with Crippen molar-refractivity contribution in [3.63, 3.8) is 0 Å². The third kappa shape index (κ3) is 2.41. The van der Waals surface area contributed by atoms with Crippen LogP contribution in [0.3, 0.4) is 0 Å². The molecule has 3 aliphatic heterocycles. The summed E-state index contributed by atoms with van der Waals surface area (Å²) >= 11 is 1.63. The van der Waals surface area contributed by atoms with Crippen LogP contribution in [0.15, 0.2) is 40.5 Å². The molecule has 0 aromatic carbocycles. The van der Waals surface area contributed by atoms with Gasteiger partial charge in [-0.2, -0.15) is 0 Å². The number of likely N-dealkylation sites (tertiary alicyclic amines) is 1.